The topological polar surface area (TPSA) is 17.1 Å². The molecule has 2 rings (SSSR count). The number of aryl methyl sites for hydroxylation is 1. The summed E-state index contributed by atoms with van der Waals surface area (Å²) in [7, 11) is 0. The maximum absolute atomic E-state index is 13.2. The predicted octanol–water partition coefficient (Wildman–Crippen LogP) is 3.16. The average Bonchev–Trinajstić information content (AvgIpc) is 2.51. The number of rotatable bonds is 1. The number of carbonyl (C=O) groups is 1. The van der Waals surface area contributed by atoms with E-state index in [-0.39, 0.29) is 5.82 Å². The van der Waals surface area contributed by atoms with Crippen molar-refractivity contribution in [3.05, 3.63) is 34.5 Å². The smallest absolute Gasteiger partial charge is 0.150 e. The Balaban J connectivity index is 2.96. The van der Waals surface area contributed by atoms with Gasteiger partial charge in [-0.1, -0.05) is 12.1 Å². The van der Waals surface area contributed by atoms with Gasteiger partial charge < -0.3 is 0 Å². The molecule has 0 aliphatic heterocycles. The van der Waals surface area contributed by atoms with Crippen LogP contribution in [0.15, 0.2) is 17.5 Å². The molecule has 0 atom stereocenters. The number of aldehydes is 1. The lowest BCUT2D eigenvalue weighted by molar-refractivity contribution is 0.112. The minimum atomic E-state index is -0.300. The maximum atomic E-state index is 13.2. The highest BCUT2D eigenvalue weighted by molar-refractivity contribution is 7.17. The van der Waals surface area contributed by atoms with Crippen molar-refractivity contribution in [3.8, 4) is 0 Å². The molecule has 3 heteroatoms. The molecule has 0 unspecified atom stereocenters. The Morgan fingerprint density at radius 3 is 2.92 bits per heavy atom. The highest BCUT2D eigenvalue weighted by atomic mass is 32.1. The highest BCUT2D eigenvalue weighted by Gasteiger charge is 2.09. The molecule has 1 aromatic heterocycles. The van der Waals surface area contributed by atoms with E-state index in [1.165, 1.54) is 16.7 Å². The summed E-state index contributed by atoms with van der Waals surface area (Å²) >= 11 is 1.34. The van der Waals surface area contributed by atoms with E-state index in [1.807, 2.05) is 13.0 Å². The van der Waals surface area contributed by atoms with E-state index in [2.05, 4.69) is 0 Å². The number of benzene rings is 1. The van der Waals surface area contributed by atoms with Crippen LogP contribution in [0.5, 0.6) is 0 Å². The van der Waals surface area contributed by atoms with Crippen molar-refractivity contribution >= 4 is 27.7 Å². The molecule has 66 valence electrons. The summed E-state index contributed by atoms with van der Waals surface area (Å²) in [5.74, 6) is -0.300. The van der Waals surface area contributed by atoms with Crippen molar-refractivity contribution in [2.24, 2.45) is 0 Å². The van der Waals surface area contributed by atoms with Crippen molar-refractivity contribution in [2.45, 2.75) is 6.92 Å². The Kier molecular flexibility index (Phi) is 1.88. The molecule has 0 aliphatic carbocycles. The molecule has 0 radical (unpaired) electrons. The van der Waals surface area contributed by atoms with E-state index < -0.39 is 0 Å². The zero-order valence-corrected chi connectivity index (χ0v) is 7.82. The number of carbonyl (C=O) groups excluding carboxylic acids is 1. The number of fused-ring (bicyclic) bond motifs is 1. The monoisotopic (exact) mass is 194 g/mol. The maximum Gasteiger partial charge on any atom is 0.150 e. The summed E-state index contributed by atoms with van der Waals surface area (Å²) in [6.45, 7) is 1.91. The molecular formula is C10H7FOS. The molecule has 1 nitrogen and oxygen atoms in total. The van der Waals surface area contributed by atoms with Crippen LogP contribution in [0.3, 0.4) is 0 Å². The summed E-state index contributed by atoms with van der Waals surface area (Å²) in [6.07, 6.45) is 0.692. The predicted molar refractivity (Wildman–Crippen MR) is 51.9 cm³/mol. The van der Waals surface area contributed by atoms with Gasteiger partial charge in [0.15, 0.2) is 6.29 Å². The molecule has 2 aromatic rings. The molecule has 0 amide bonds. The third-order valence-corrected chi connectivity index (χ3v) is 3.12. The van der Waals surface area contributed by atoms with E-state index >= 15 is 0 Å². The number of hydrogen-bond acceptors (Lipinski definition) is 2. The van der Waals surface area contributed by atoms with Crippen molar-refractivity contribution in [3.63, 3.8) is 0 Å². The Morgan fingerprint density at radius 1 is 1.46 bits per heavy atom. The summed E-state index contributed by atoms with van der Waals surface area (Å²) < 4.78 is 14.1. The first kappa shape index (κ1) is 8.38. The average molecular weight is 194 g/mol. The molecule has 1 heterocycles. The van der Waals surface area contributed by atoms with Crippen LogP contribution in [0.4, 0.5) is 4.39 Å². The fourth-order valence-corrected chi connectivity index (χ4v) is 2.29. The zero-order chi connectivity index (χ0) is 9.42. The Bertz CT molecular complexity index is 473. The Hall–Kier alpha value is -1.22. The van der Waals surface area contributed by atoms with Gasteiger partial charge in [-0.15, -0.1) is 11.3 Å². The minimum Gasteiger partial charge on any atom is -0.298 e. The van der Waals surface area contributed by atoms with E-state index in [0.29, 0.717) is 17.2 Å². The second kappa shape index (κ2) is 2.92. The van der Waals surface area contributed by atoms with Crippen LogP contribution in [0, 0.1) is 12.7 Å². The summed E-state index contributed by atoms with van der Waals surface area (Å²) in [6, 6.07) is 3.49. The molecule has 0 aliphatic rings. The van der Waals surface area contributed by atoms with Crippen LogP contribution >= 0.6 is 11.3 Å². The van der Waals surface area contributed by atoms with Crippen molar-refractivity contribution in [1.29, 1.82) is 0 Å². The van der Waals surface area contributed by atoms with Gasteiger partial charge in [0.05, 0.1) is 0 Å². The minimum absolute atomic E-state index is 0.300. The van der Waals surface area contributed by atoms with E-state index in [0.717, 1.165) is 10.3 Å². The normalized spacial score (nSPS) is 10.6. The van der Waals surface area contributed by atoms with E-state index in [4.69, 9.17) is 0 Å². The first-order valence-corrected chi connectivity index (χ1v) is 4.73. The molecular weight excluding hydrogens is 187 g/mol. The lowest BCUT2D eigenvalue weighted by atomic mass is 10.1. The van der Waals surface area contributed by atoms with Crippen molar-refractivity contribution in [2.75, 3.05) is 0 Å². The van der Waals surface area contributed by atoms with E-state index in [1.54, 1.807) is 6.07 Å². The van der Waals surface area contributed by atoms with E-state index in [9.17, 15) is 9.18 Å². The highest BCUT2D eigenvalue weighted by Crippen LogP contribution is 2.29. The second-order valence-electron chi connectivity index (χ2n) is 2.88. The lowest BCUT2D eigenvalue weighted by Crippen LogP contribution is -1.84. The fraction of sp³-hybridized carbons (Fsp3) is 0.100. The molecule has 0 bridgehead atoms. The SMILES string of the molecule is Cc1ccc(C=O)c2c(F)csc12. The fourth-order valence-electron chi connectivity index (χ4n) is 1.37. The summed E-state index contributed by atoms with van der Waals surface area (Å²) in [4.78, 5) is 10.6. The van der Waals surface area contributed by atoms with Crippen molar-refractivity contribution < 1.29 is 9.18 Å². The Labute approximate surface area is 78.8 Å². The number of thiophene rings is 1. The first-order valence-electron chi connectivity index (χ1n) is 3.85. The van der Waals surface area contributed by atoms with Gasteiger partial charge in [-0.3, -0.25) is 4.79 Å². The third-order valence-electron chi connectivity index (χ3n) is 2.03. The second-order valence-corrected chi connectivity index (χ2v) is 3.76. The Morgan fingerprint density at radius 2 is 2.23 bits per heavy atom. The lowest BCUT2D eigenvalue weighted by Gasteiger charge is -1.97. The van der Waals surface area contributed by atoms with Crippen molar-refractivity contribution in [1.82, 2.24) is 0 Å². The van der Waals surface area contributed by atoms with Gasteiger partial charge in [0.2, 0.25) is 0 Å². The third kappa shape index (κ3) is 1.16. The van der Waals surface area contributed by atoms with Crippen LogP contribution in [0.1, 0.15) is 15.9 Å². The van der Waals surface area contributed by atoms with Gasteiger partial charge in [0, 0.05) is 21.0 Å². The summed E-state index contributed by atoms with van der Waals surface area (Å²) in [5, 5.41) is 1.89. The molecule has 0 fully saturated rings. The van der Waals surface area contributed by atoms with Crippen LogP contribution in [0.2, 0.25) is 0 Å². The van der Waals surface area contributed by atoms with Crippen LogP contribution in [-0.4, -0.2) is 6.29 Å². The molecule has 0 saturated carbocycles. The molecule has 0 N–H and O–H groups in total. The summed E-state index contributed by atoms with van der Waals surface area (Å²) in [5.41, 5.74) is 1.44. The van der Waals surface area contributed by atoms with Gasteiger partial charge >= 0.3 is 0 Å². The quantitative estimate of drug-likeness (QED) is 0.637. The van der Waals surface area contributed by atoms with Gasteiger partial charge in [0.25, 0.3) is 0 Å². The van der Waals surface area contributed by atoms with Crippen LogP contribution in [0.25, 0.3) is 10.1 Å². The van der Waals surface area contributed by atoms with Gasteiger partial charge in [-0.05, 0) is 12.5 Å². The number of hydrogen-bond donors (Lipinski definition) is 0. The van der Waals surface area contributed by atoms with Crippen LogP contribution < -0.4 is 0 Å². The first-order chi connectivity index (χ1) is 6.24. The zero-order valence-electron chi connectivity index (χ0n) is 7.00. The molecule has 0 spiro atoms. The standard InChI is InChI=1S/C10H7FOS/c1-6-2-3-7(4-12)9-8(11)5-13-10(6)9/h2-5H,1H3. The largest absolute Gasteiger partial charge is 0.298 e. The van der Waals surface area contributed by atoms with Gasteiger partial charge in [0.1, 0.15) is 5.82 Å². The van der Waals surface area contributed by atoms with Gasteiger partial charge in [-0.25, -0.2) is 4.39 Å². The number of halogens is 1. The molecule has 1 aromatic carbocycles. The van der Waals surface area contributed by atoms with Gasteiger partial charge in [-0.2, -0.15) is 0 Å². The molecule has 0 saturated heterocycles. The molecule has 13 heavy (non-hydrogen) atoms. The van der Waals surface area contributed by atoms with Crippen LogP contribution in [-0.2, 0) is 0 Å².